The summed E-state index contributed by atoms with van der Waals surface area (Å²) < 4.78 is 10.8. The van der Waals surface area contributed by atoms with E-state index in [-0.39, 0.29) is 24.3 Å². The Labute approximate surface area is 138 Å². The maximum atomic E-state index is 11.9. The molecule has 2 amide bonds. The Morgan fingerprint density at radius 2 is 1.91 bits per heavy atom. The normalized spacial score (nSPS) is 22.5. The lowest BCUT2D eigenvalue weighted by atomic mass is 10.2. The molecular formula is C17H27N3O3. The van der Waals surface area contributed by atoms with E-state index in [0.29, 0.717) is 6.61 Å². The standard InChI is InChI=1S/C17H27N3O3/c1-12(11-22-4)18-17(21)19-15-5-7-16(8-6-15)20-9-13(2)23-14(3)10-20/h5-8,12-14H,9-11H2,1-4H3,(H2,18,19,21)/t12-,13+,14+/m0/s1. The fourth-order valence-corrected chi connectivity index (χ4v) is 2.83. The van der Waals surface area contributed by atoms with Crippen molar-refractivity contribution >= 4 is 17.4 Å². The number of carbonyl (C=O) groups is 1. The minimum atomic E-state index is -0.226. The van der Waals surface area contributed by atoms with Crippen molar-refractivity contribution in [2.24, 2.45) is 0 Å². The molecule has 2 rings (SSSR count). The van der Waals surface area contributed by atoms with Gasteiger partial charge in [-0.1, -0.05) is 0 Å². The van der Waals surface area contributed by atoms with Gasteiger partial charge in [0.2, 0.25) is 0 Å². The molecule has 6 nitrogen and oxygen atoms in total. The van der Waals surface area contributed by atoms with Crippen LogP contribution in [-0.2, 0) is 9.47 Å². The van der Waals surface area contributed by atoms with Crippen LogP contribution in [-0.4, -0.2) is 51.1 Å². The number of hydrogen-bond donors (Lipinski definition) is 2. The molecule has 0 unspecified atom stereocenters. The van der Waals surface area contributed by atoms with Crippen LogP contribution in [0.1, 0.15) is 20.8 Å². The van der Waals surface area contributed by atoms with Gasteiger partial charge in [0.25, 0.3) is 0 Å². The van der Waals surface area contributed by atoms with Crippen molar-refractivity contribution in [1.29, 1.82) is 0 Å². The van der Waals surface area contributed by atoms with Crippen LogP contribution in [0.3, 0.4) is 0 Å². The van der Waals surface area contributed by atoms with Crippen molar-refractivity contribution in [3.63, 3.8) is 0 Å². The molecule has 1 aliphatic rings. The molecule has 0 aromatic heterocycles. The van der Waals surface area contributed by atoms with Crippen LogP contribution in [0.15, 0.2) is 24.3 Å². The zero-order valence-electron chi connectivity index (χ0n) is 14.3. The molecule has 1 fully saturated rings. The Bertz CT molecular complexity index is 496. The van der Waals surface area contributed by atoms with Crippen molar-refractivity contribution in [2.75, 3.05) is 37.0 Å². The monoisotopic (exact) mass is 321 g/mol. The number of urea groups is 1. The number of methoxy groups -OCH3 is 1. The second kappa shape index (κ2) is 8.17. The molecule has 1 aromatic carbocycles. The highest BCUT2D eigenvalue weighted by Gasteiger charge is 2.22. The maximum absolute atomic E-state index is 11.9. The fourth-order valence-electron chi connectivity index (χ4n) is 2.83. The molecule has 0 radical (unpaired) electrons. The molecule has 0 spiro atoms. The SMILES string of the molecule is COC[C@H](C)NC(=O)Nc1ccc(N2C[C@@H](C)O[C@H](C)C2)cc1. The predicted molar refractivity (Wildman–Crippen MR) is 92.2 cm³/mol. The topological polar surface area (TPSA) is 62.8 Å². The van der Waals surface area contributed by atoms with Gasteiger partial charge in [0.05, 0.1) is 24.9 Å². The Kier molecular flexibility index (Phi) is 6.24. The van der Waals surface area contributed by atoms with Gasteiger partial charge in [-0.2, -0.15) is 0 Å². The summed E-state index contributed by atoms with van der Waals surface area (Å²) >= 11 is 0. The van der Waals surface area contributed by atoms with Crippen molar-refractivity contribution < 1.29 is 14.3 Å². The van der Waals surface area contributed by atoms with Gasteiger partial charge in [-0.15, -0.1) is 0 Å². The van der Waals surface area contributed by atoms with Crippen LogP contribution in [0.2, 0.25) is 0 Å². The van der Waals surface area contributed by atoms with Crippen LogP contribution >= 0.6 is 0 Å². The lowest BCUT2D eigenvalue weighted by Crippen LogP contribution is -2.45. The van der Waals surface area contributed by atoms with Crippen LogP contribution < -0.4 is 15.5 Å². The molecular weight excluding hydrogens is 294 g/mol. The van der Waals surface area contributed by atoms with Crippen molar-refractivity contribution in [3.05, 3.63) is 24.3 Å². The number of hydrogen-bond acceptors (Lipinski definition) is 4. The summed E-state index contributed by atoms with van der Waals surface area (Å²) in [6.07, 6.45) is 0.453. The molecule has 1 aliphatic heterocycles. The number of morpholine rings is 1. The largest absolute Gasteiger partial charge is 0.383 e. The van der Waals surface area contributed by atoms with Gasteiger partial charge in [-0.05, 0) is 45.0 Å². The first-order chi connectivity index (χ1) is 11.0. The highest BCUT2D eigenvalue weighted by Crippen LogP contribution is 2.22. The second-order valence-corrected chi connectivity index (χ2v) is 6.16. The number of ether oxygens (including phenoxy) is 2. The summed E-state index contributed by atoms with van der Waals surface area (Å²) in [4.78, 5) is 14.2. The third-order valence-electron chi connectivity index (χ3n) is 3.70. The Morgan fingerprint density at radius 1 is 1.30 bits per heavy atom. The van der Waals surface area contributed by atoms with Gasteiger partial charge >= 0.3 is 6.03 Å². The first kappa shape index (κ1) is 17.6. The van der Waals surface area contributed by atoms with Crippen molar-refractivity contribution in [1.82, 2.24) is 5.32 Å². The van der Waals surface area contributed by atoms with Gasteiger partial charge < -0.3 is 25.0 Å². The summed E-state index contributed by atoms with van der Waals surface area (Å²) in [5.41, 5.74) is 1.91. The molecule has 0 saturated carbocycles. The van der Waals surface area contributed by atoms with E-state index in [1.807, 2.05) is 31.2 Å². The molecule has 1 aromatic rings. The van der Waals surface area contributed by atoms with Gasteiger partial charge in [-0.25, -0.2) is 4.79 Å². The quantitative estimate of drug-likeness (QED) is 0.874. The van der Waals surface area contributed by atoms with E-state index in [9.17, 15) is 4.79 Å². The summed E-state index contributed by atoms with van der Waals surface area (Å²) in [7, 11) is 1.61. The van der Waals surface area contributed by atoms with Gasteiger partial charge in [0.1, 0.15) is 0 Å². The van der Waals surface area contributed by atoms with E-state index in [2.05, 4.69) is 29.4 Å². The highest BCUT2D eigenvalue weighted by molar-refractivity contribution is 5.89. The Hall–Kier alpha value is -1.79. The number of carbonyl (C=O) groups excluding carboxylic acids is 1. The number of benzene rings is 1. The minimum Gasteiger partial charge on any atom is -0.383 e. The molecule has 0 bridgehead atoms. The van der Waals surface area contributed by atoms with Crippen LogP contribution in [0, 0.1) is 0 Å². The van der Waals surface area contributed by atoms with Gasteiger partial charge in [0.15, 0.2) is 0 Å². The summed E-state index contributed by atoms with van der Waals surface area (Å²) in [5, 5.41) is 5.65. The lowest BCUT2D eigenvalue weighted by Gasteiger charge is -2.36. The van der Waals surface area contributed by atoms with E-state index in [1.165, 1.54) is 0 Å². The van der Waals surface area contributed by atoms with Gasteiger partial charge in [0, 0.05) is 31.6 Å². The van der Waals surface area contributed by atoms with Crippen LogP contribution in [0.25, 0.3) is 0 Å². The first-order valence-corrected chi connectivity index (χ1v) is 8.05. The third-order valence-corrected chi connectivity index (χ3v) is 3.70. The number of amides is 2. The van der Waals surface area contributed by atoms with Crippen LogP contribution in [0.4, 0.5) is 16.2 Å². The van der Waals surface area contributed by atoms with Crippen molar-refractivity contribution in [2.45, 2.75) is 39.0 Å². The molecule has 0 aliphatic carbocycles. The first-order valence-electron chi connectivity index (χ1n) is 8.05. The zero-order chi connectivity index (χ0) is 16.8. The number of nitrogens with one attached hydrogen (secondary N) is 2. The Balaban J connectivity index is 1.90. The van der Waals surface area contributed by atoms with E-state index >= 15 is 0 Å². The lowest BCUT2D eigenvalue weighted by molar-refractivity contribution is -0.00521. The molecule has 2 N–H and O–H groups in total. The molecule has 6 heteroatoms. The minimum absolute atomic E-state index is 0.0319. The van der Waals surface area contributed by atoms with Crippen LogP contribution in [0.5, 0.6) is 0 Å². The summed E-state index contributed by atoms with van der Waals surface area (Å²) in [6, 6.07) is 7.63. The molecule has 1 heterocycles. The van der Waals surface area contributed by atoms with E-state index < -0.39 is 0 Å². The highest BCUT2D eigenvalue weighted by atomic mass is 16.5. The average molecular weight is 321 g/mol. The Morgan fingerprint density at radius 3 is 2.48 bits per heavy atom. The number of anilines is 2. The van der Waals surface area contributed by atoms with E-state index in [0.717, 1.165) is 24.5 Å². The fraction of sp³-hybridized carbons (Fsp3) is 0.588. The smallest absolute Gasteiger partial charge is 0.319 e. The van der Waals surface area contributed by atoms with E-state index in [4.69, 9.17) is 9.47 Å². The third kappa shape index (κ3) is 5.41. The predicted octanol–water partition coefficient (Wildman–Crippen LogP) is 2.46. The molecule has 23 heavy (non-hydrogen) atoms. The average Bonchev–Trinajstić information content (AvgIpc) is 2.47. The molecule has 1 saturated heterocycles. The van der Waals surface area contributed by atoms with Crippen molar-refractivity contribution in [3.8, 4) is 0 Å². The van der Waals surface area contributed by atoms with Gasteiger partial charge in [-0.3, -0.25) is 0 Å². The zero-order valence-corrected chi connectivity index (χ0v) is 14.3. The number of rotatable bonds is 5. The summed E-state index contributed by atoms with van der Waals surface area (Å²) in [6.45, 7) is 8.32. The maximum Gasteiger partial charge on any atom is 0.319 e. The molecule has 3 atom stereocenters. The molecule has 128 valence electrons. The second-order valence-electron chi connectivity index (χ2n) is 6.16. The number of nitrogens with zero attached hydrogens (tertiary/aromatic N) is 1. The van der Waals surface area contributed by atoms with E-state index in [1.54, 1.807) is 7.11 Å². The summed E-state index contributed by atoms with van der Waals surface area (Å²) in [5.74, 6) is 0.